The number of hydrogen-bond acceptors (Lipinski definition) is 13. The van der Waals surface area contributed by atoms with Crippen LogP contribution in [-0.4, -0.2) is 144 Å². The normalized spacial score (nSPS) is 11.3. The number of carbonyl (C=O) groups excluding carboxylic acids is 2. The fourth-order valence-corrected chi connectivity index (χ4v) is 3.76. The Kier molecular flexibility index (Phi) is 38.5. The van der Waals surface area contributed by atoms with Crippen LogP contribution in [0, 0.1) is 0 Å². The summed E-state index contributed by atoms with van der Waals surface area (Å²) >= 11 is 0. The molecule has 0 spiro atoms. The van der Waals surface area contributed by atoms with E-state index < -0.39 is 0 Å². The fraction of sp³-hybridized carbons (Fsp3) is 0.939. The van der Waals surface area contributed by atoms with E-state index in [1.54, 1.807) is 6.92 Å². The lowest BCUT2D eigenvalue weighted by Crippen LogP contribution is -2.15. The van der Waals surface area contributed by atoms with Gasteiger partial charge in [-0.05, 0) is 13.3 Å². The van der Waals surface area contributed by atoms with Crippen LogP contribution in [0.3, 0.4) is 0 Å². The van der Waals surface area contributed by atoms with Crippen molar-refractivity contribution in [2.45, 2.75) is 71.6 Å². The van der Waals surface area contributed by atoms with Gasteiger partial charge in [-0.1, -0.05) is 45.4 Å². The highest BCUT2D eigenvalue weighted by Gasteiger charge is 2.03. The second kappa shape index (κ2) is 39.8. The first-order valence-corrected chi connectivity index (χ1v) is 17.2. The van der Waals surface area contributed by atoms with E-state index in [-0.39, 0.29) is 25.0 Å². The summed E-state index contributed by atoms with van der Waals surface area (Å²) < 4.78 is 58.9. The molecule has 0 saturated heterocycles. The van der Waals surface area contributed by atoms with E-state index in [0.29, 0.717) is 132 Å². The largest absolute Gasteiger partial charge is 0.466 e. The SMILES string of the molecule is CCCCCCCCCC(=O)OCCOCCOCCOCCOCCOCCOCCOCCOCCOCCC(=O)OCC. The highest BCUT2D eigenvalue weighted by Crippen LogP contribution is 2.08. The van der Waals surface area contributed by atoms with E-state index in [0.717, 1.165) is 12.8 Å². The third-order valence-corrected chi connectivity index (χ3v) is 6.21. The molecule has 274 valence electrons. The van der Waals surface area contributed by atoms with E-state index in [1.165, 1.54) is 32.1 Å². The highest BCUT2D eigenvalue weighted by atomic mass is 16.6. The van der Waals surface area contributed by atoms with Crippen molar-refractivity contribution in [3.05, 3.63) is 0 Å². The van der Waals surface area contributed by atoms with Crippen LogP contribution >= 0.6 is 0 Å². The minimum absolute atomic E-state index is 0.144. The summed E-state index contributed by atoms with van der Waals surface area (Å²) in [6.45, 7) is 13.0. The molecule has 0 aliphatic rings. The topological polar surface area (TPSA) is 136 Å². The molecule has 0 saturated carbocycles. The summed E-state index contributed by atoms with van der Waals surface area (Å²) in [7, 11) is 0. The van der Waals surface area contributed by atoms with Crippen molar-refractivity contribution in [2.75, 3.05) is 132 Å². The van der Waals surface area contributed by atoms with Crippen LogP contribution in [0.2, 0.25) is 0 Å². The van der Waals surface area contributed by atoms with Gasteiger partial charge in [-0.15, -0.1) is 0 Å². The third-order valence-electron chi connectivity index (χ3n) is 6.21. The molecule has 0 aliphatic carbocycles. The Bertz CT molecular complexity index is 624. The molecule has 0 bridgehead atoms. The van der Waals surface area contributed by atoms with Gasteiger partial charge in [0.2, 0.25) is 0 Å². The Hall–Kier alpha value is -1.42. The lowest BCUT2D eigenvalue weighted by Gasteiger charge is -2.09. The van der Waals surface area contributed by atoms with Crippen molar-refractivity contribution < 1.29 is 61.7 Å². The molecule has 0 rings (SSSR count). The van der Waals surface area contributed by atoms with Crippen molar-refractivity contribution in [3.63, 3.8) is 0 Å². The predicted molar refractivity (Wildman–Crippen MR) is 172 cm³/mol. The van der Waals surface area contributed by atoms with Crippen LogP contribution in [0.5, 0.6) is 0 Å². The van der Waals surface area contributed by atoms with Gasteiger partial charge < -0.3 is 52.1 Å². The monoisotopic (exact) mass is 668 g/mol. The number of unbranched alkanes of at least 4 members (excludes halogenated alkanes) is 6. The highest BCUT2D eigenvalue weighted by molar-refractivity contribution is 5.69. The van der Waals surface area contributed by atoms with E-state index in [2.05, 4.69) is 6.92 Å². The van der Waals surface area contributed by atoms with Crippen molar-refractivity contribution in [1.82, 2.24) is 0 Å². The summed E-state index contributed by atoms with van der Waals surface area (Å²) in [5.41, 5.74) is 0. The van der Waals surface area contributed by atoms with Crippen LogP contribution in [-0.2, 0) is 61.7 Å². The van der Waals surface area contributed by atoms with Gasteiger partial charge in [-0.25, -0.2) is 0 Å². The maximum Gasteiger partial charge on any atom is 0.308 e. The zero-order chi connectivity index (χ0) is 33.4. The van der Waals surface area contributed by atoms with Gasteiger partial charge in [-0.3, -0.25) is 9.59 Å². The summed E-state index contributed by atoms with van der Waals surface area (Å²) in [4.78, 5) is 22.8. The molecule has 0 N–H and O–H groups in total. The molecular weight excluding hydrogens is 604 g/mol. The van der Waals surface area contributed by atoms with E-state index in [4.69, 9.17) is 52.1 Å². The molecule has 0 aliphatic heterocycles. The quantitative estimate of drug-likeness (QED) is 0.0695. The molecule has 0 aromatic rings. The standard InChI is InChI=1S/C33H64O13/c1-3-5-6-7-8-9-10-11-32(34)46-31-30-44-29-28-43-27-26-42-25-24-41-23-22-40-21-20-39-19-18-38-17-16-37-15-14-36-13-12-33(35)45-4-2/h3-31H2,1-2H3. The summed E-state index contributed by atoms with van der Waals surface area (Å²) in [6, 6.07) is 0. The lowest BCUT2D eigenvalue weighted by atomic mass is 10.1. The van der Waals surface area contributed by atoms with Crippen LogP contribution in [0.1, 0.15) is 71.6 Å². The number of ether oxygens (including phenoxy) is 11. The van der Waals surface area contributed by atoms with Crippen LogP contribution in [0.4, 0.5) is 0 Å². The van der Waals surface area contributed by atoms with Gasteiger partial charge in [0.1, 0.15) is 6.61 Å². The minimum Gasteiger partial charge on any atom is -0.466 e. The molecule has 46 heavy (non-hydrogen) atoms. The van der Waals surface area contributed by atoms with E-state index >= 15 is 0 Å². The van der Waals surface area contributed by atoms with Crippen molar-refractivity contribution in [2.24, 2.45) is 0 Å². The molecule has 0 atom stereocenters. The maximum atomic E-state index is 11.7. The molecule has 13 nitrogen and oxygen atoms in total. The first kappa shape index (κ1) is 44.6. The first-order chi connectivity index (χ1) is 22.7. The Morgan fingerprint density at radius 1 is 0.326 bits per heavy atom. The average Bonchev–Trinajstić information content (AvgIpc) is 3.05. The zero-order valence-corrected chi connectivity index (χ0v) is 28.8. The Morgan fingerprint density at radius 2 is 0.630 bits per heavy atom. The van der Waals surface area contributed by atoms with Crippen molar-refractivity contribution >= 4 is 11.9 Å². The molecule has 0 amide bonds. The predicted octanol–water partition coefficient (Wildman–Crippen LogP) is 3.77. The number of hydrogen-bond donors (Lipinski definition) is 0. The lowest BCUT2D eigenvalue weighted by molar-refractivity contribution is -0.146. The van der Waals surface area contributed by atoms with Gasteiger partial charge >= 0.3 is 11.9 Å². The minimum atomic E-state index is -0.252. The van der Waals surface area contributed by atoms with Crippen LogP contribution in [0.25, 0.3) is 0 Å². The molecule has 13 heteroatoms. The first-order valence-electron chi connectivity index (χ1n) is 17.2. The Balaban J connectivity index is 3.12. The molecule has 0 aromatic carbocycles. The Morgan fingerprint density at radius 3 is 1.00 bits per heavy atom. The second-order valence-electron chi connectivity index (χ2n) is 10.2. The number of carbonyl (C=O) groups is 2. The van der Waals surface area contributed by atoms with E-state index in [9.17, 15) is 9.59 Å². The number of esters is 2. The zero-order valence-electron chi connectivity index (χ0n) is 28.8. The van der Waals surface area contributed by atoms with Crippen molar-refractivity contribution in [3.8, 4) is 0 Å². The maximum absolute atomic E-state index is 11.7. The van der Waals surface area contributed by atoms with Crippen LogP contribution < -0.4 is 0 Å². The van der Waals surface area contributed by atoms with Gasteiger partial charge in [0.25, 0.3) is 0 Å². The summed E-state index contributed by atoms with van der Waals surface area (Å²) in [5, 5.41) is 0. The van der Waals surface area contributed by atoms with Gasteiger partial charge in [-0.2, -0.15) is 0 Å². The van der Waals surface area contributed by atoms with Crippen molar-refractivity contribution in [1.29, 1.82) is 0 Å². The second-order valence-corrected chi connectivity index (χ2v) is 10.2. The molecule has 0 unspecified atom stereocenters. The van der Waals surface area contributed by atoms with Crippen LogP contribution in [0.15, 0.2) is 0 Å². The smallest absolute Gasteiger partial charge is 0.308 e. The third kappa shape index (κ3) is 38.8. The average molecular weight is 669 g/mol. The molecule has 0 aromatic heterocycles. The van der Waals surface area contributed by atoms with E-state index in [1.807, 2.05) is 0 Å². The van der Waals surface area contributed by atoms with Gasteiger partial charge in [0.05, 0.1) is 132 Å². The summed E-state index contributed by atoms with van der Waals surface area (Å²) in [5.74, 6) is -0.396. The molecule has 0 heterocycles. The molecule has 0 radical (unpaired) electrons. The fourth-order valence-electron chi connectivity index (χ4n) is 3.76. The van der Waals surface area contributed by atoms with Gasteiger partial charge in [0, 0.05) is 6.42 Å². The Labute approximate surface area is 277 Å². The molecular formula is C33H64O13. The number of rotatable bonds is 39. The van der Waals surface area contributed by atoms with Gasteiger partial charge in [0.15, 0.2) is 0 Å². The molecule has 0 fully saturated rings. The summed E-state index contributed by atoms with van der Waals surface area (Å²) in [6.07, 6.45) is 9.03.